The van der Waals surface area contributed by atoms with E-state index in [0.717, 1.165) is 0 Å². The zero-order valence-corrected chi connectivity index (χ0v) is 22.6. The Morgan fingerprint density at radius 1 is 0.688 bits per heavy atom. The molecule has 5 rings (SSSR count). The molecule has 0 spiro atoms. The second-order valence-corrected chi connectivity index (χ2v) is 14.5. The average Bonchev–Trinajstić information content (AvgIpc) is 3.15. The summed E-state index contributed by atoms with van der Waals surface area (Å²) in [4.78, 5) is 0. The molecule has 0 N–H and O–H groups in total. The summed E-state index contributed by atoms with van der Waals surface area (Å²) in [5, 5.41) is 4.57. The number of fused-ring (bicyclic) bond motifs is 1. The first kappa shape index (κ1) is 27.2. The van der Waals surface area contributed by atoms with Crippen molar-refractivity contribution in [3.05, 3.63) is 115 Å². The fraction of sp³-hybridized carbons (Fsp3) is 0.185. The zero-order valence-electron chi connectivity index (χ0n) is 17.7. The molecule has 0 amide bonds. The van der Waals surface area contributed by atoms with Gasteiger partial charge in [-0.2, -0.15) is 0 Å². The van der Waals surface area contributed by atoms with Gasteiger partial charge in [-0.3, -0.25) is 0 Å². The maximum absolute atomic E-state index is 2.58. The summed E-state index contributed by atoms with van der Waals surface area (Å²) in [6.45, 7) is 0. The van der Waals surface area contributed by atoms with E-state index in [1.54, 1.807) is 5.57 Å². The second kappa shape index (κ2) is 11.4. The van der Waals surface area contributed by atoms with Crippen LogP contribution in [0.15, 0.2) is 115 Å². The van der Waals surface area contributed by atoms with Crippen molar-refractivity contribution in [2.24, 2.45) is 5.92 Å². The Labute approximate surface area is 223 Å². The van der Waals surface area contributed by atoms with Crippen LogP contribution < -0.4 is 52.8 Å². The fourth-order valence-electron chi connectivity index (χ4n) is 5.68. The molecule has 0 aromatic heterocycles. The minimum atomic E-state index is -2.33. The third-order valence-electron chi connectivity index (χ3n) is 6.89. The van der Waals surface area contributed by atoms with Crippen molar-refractivity contribution in [2.45, 2.75) is 22.6 Å². The van der Waals surface area contributed by atoms with E-state index in [0.29, 0.717) is 5.92 Å². The van der Waals surface area contributed by atoms with Gasteiger partial charge in [-0.25, -0.2) is 0 Å². The third-order valence-corrected chi connectivity index (χ3v) is 14.9. The molecule has 2 unspecified atom stereocenters. The monoisotopic (exact) mass is 530 g/mol. The van der Waals surface area contributed by atoms with Gasteiger partial charge in [0.2, 0.25) is 0 Å². The van der Waals surface area contributed by atoms with Crippen LogP contribution in [0, 0.1) is 5.92 Å². The van der Waals surface area contributed by atoms with Crippen molar-refractivity contribution in [2.75, 3.05) is 0 Å². The van der Waals surface area contributed by atoms with Crippen LogP contribution in [0.3, 0.4) is 0 Å². The van der Waals surface area contributed by atoms with E-state index >= 15 is 0 Å². The molecule has 162 valence electrons. The molecule has 1 fully saturated rings. The van der Waals surface area contributed by atoms with E-state index in [-0.39, 0.29) is 40.6 Å². The summed E-state index contributed by atoms with van der Waals surface area (Å²) in [6, 6.07) is 34.2. The van der Waals surface area contributed by atoms with E-state index in [1.165, 1.54) is 34.8 Å². The molecule has 3 aromatic carbocycles. The van der Waals surface area contributed by atoms with Crippen LogP contribution in [-0.2, 0) is 20.4 Å². The van der Waals surface area contributed by atoms with Crippen LogP contribution >= 0.6 is 0 Å². The topological polar surface area (TPSA) is 0 Å². The summed E-state index contributed by atoms with van der Waals surface area (Å²) in [7, 11) is -2.33. The summed E-state index contributed by atoms with van der Waals surface area (Å²) in [5.41, 5.74) is 1.68. The van der Waals surface area contributed by atoms with Crippen molar-refractivity contribution in [1.29, 1.82) is 0 Å². The van der Waals surface area contributed by atoms with Gasteiger partial charge >= 0.3 is 187 Å². The Morgan fingerprint density at radius 2 is 1.12 bits per heavy atom. The van der Waals surface area contributed by atoms with Gasteiger partial charge in [-0.15, -0.1) is 0 Å². The third kappa shape index (κ3) is 4.25. The molecule has 0 radical (unpaired) electrons. The average molecular weight is 532 g/mol. The Hall–Kier alpha value is -1.06. The SMILES string of the molecule is [Cl-].[Cl-].[Cl-].[Ti+3][C]1([Si](c2ccccc2)(c2ccccc2)c2ccccc2)CCC2CC=CC=C21. The predicted molar refractivity (Wildman–Crippen MR) is 121 cm³/mol. The summed E-state index contributed by atoms with van der Waals surface area (Å²) in [5.74, 6) is 0.702. The van der Waals surface area contributed by atoms with Crippen molar-refractivity contribution in [3.8, 4) is 0 Å². The summed E-state index contributed by atoms with van der Waals surface area (Å²) >= 11 is 2.58. The van der Waals surface area contributed by atoms with Crippen LogP contribution in [0.25, 0.3) is 0 Å². The predicted octanol–water partition coefficient (Wildman–Crippen LogP) is -4.29. The van der Waals surface area contributed by atoms with Crippen molar-refractivity contribution in [1.82, 2.24) is 0 Å². The van der Waals surface area contributed by atoms with E-state index in [2.05, 4.69) is 130 Å². The van der Waals surface area contributed by atoms with Crippen LogP contribution in [-0.4, -0.2) is 8.07 Å². The summed E-state index contributed by atoms with van der Waals surface area (Å²) < 4.78 is 0.159. The standard InChI is InChI=1S/C27H25Si.3ClH.Ti/c1-4-13-23(14-5-1)28(24-15-6-2-7-16-24,25-17-8-3-9-18-25)27-21-20-22-12-10-11-19-26(22)27;;;;/h1-11,13-19,22H,12,20-21H2;3*1H;/q;;;;+3/p-3. The molecule has 0 saturated heterocycles. The molecule has 1 saturated carbocycles. The Morgan fingerprint density at radius 3 is 1.56 bits per heavy atom. The molecule has 0 nitrogen and oxygen atoms in total. The van der Waals surface area contributed by atoms with Crippen LogP contribution in [0.2, 0.25) is 3.34 Å². The molecule has 2 atom stereocenters. The van der Waals surface area contributed by atoms with Gasteiger partial charge in [0, 0.05) is 0 Å². The molecule has 32 heavy (non-hydrogen) atoms. The number of halogens is 3. The van der Waals surface area contributed by atoms with E-state index in [4.69, 9.17) is 0 Å². The van der Waals surface area contributed by atoms with E-state index in [9.17, 15) is 0 Å². The number of allylic oxidation sites excluding steroid dienone is 4. The van der Waals surface area contributed by atoms with Crippen molar-refractivity contribution in [3.63, 3.8) is 0 Å². The molecule has 2 aliphatic carbocycles. The Kier molecular flexibility index (Phi) is 9.67. The van der Waals surface area contributed by atoms with Crippen LogP contribution in [0.4, 0.5) is 0 Å². The van der Waals surface area contributed by atoms with Gasteiger partial charge in [-0.05, 0) is 0 Å². The molecule has 0 bridgehead atoms. The first-order valence-corrected chi connectivity index (χ1v) is 13.3. The van der Waals surface area contributed by atoms with Crippen LogP contribution in [0.1, 0.15) is 19.3 Å². The van der Waals surface area contributed by atoms with Gasteiger partial charge in [0.25, 0.3) is 0 Å². The van der Waals surface area contributed by atoms with E-state index in [1.807, 2.05) is 0 Å². The maximum atomic E-state index is 2.58. The molecule has 0 heterocycles. The van der Waals surface area contributed by atoms with Gasteiger partial charge < -0.3 is 37.2 Å². The Balaban J connectivity index is 0.00000121. The minimum absolute atomic E-state index is 0. The molecule has 3 aromatic rings. The molecule has 2 aliphatic rings. The first-order chi connectivity index (χ1) is 14.3. The van der Waals surface area contributed by atoms with Gasteiger partial charge in [-0.1, -0.05) is 0 Å². The molecular weight excluding hydrogens is 507 g/mol. The normalized spacial score (nSPS) is 21.3. The summed E-state index contributed by atoms with van der Waals surface area (Å²) in [6.07, 6.45) is 10.9. The molecule has 5 heteroatoms. The van der Waals surface area contributed by atoms with Crippen molar-refractivity contribution < 1.29 is 57.7 Å². The van der Waals surface area contributed by atoms with E-state index < -0.39 is 8.07 Å². The first-order valence-electron chi connectivity index (χ1n) is 10.6. The number of rotatable bonds is 4. The van der Waals surface area contributed by atoms with Gasteiger partial charge in [0.15, 0.2) is 0 Å². The number of hydrogen-bond donors (Lipinski definition) is 0. The number of benzene rings is 3. The molecule has 0 aliphatic heterocycles. The van der Waals surface area contributed by atoms with Crippen molar-refractivity contribution >= 4 is 23.6 Å². The van der Waals surface area contributed by atoms with Gasteiger partial charge in [0.1, 0.15) is 0 Å². The van der Waals surface area contributed by atoms with Crippen LogP contribution in [0.5, 0.6) is 0 Å². The Bertz CT molecular complexity index is 957. The van der Waals surface area contributed by atoms with Gasteiger partial charge in [0.05, 0.1) is 0 Å². The number of hydrogen-bond acceptors (Lipinski definition) is 0. The quantitative estimate of drug-likeness (QED) is 0.236. The fourth-order valence-corrected chi connectivity index (χ4v) is 14.2. The zero-order chi connectivity index (χ0) is 19.7. The molecular formula is C27H25Cl3SiTi. The second-order valence-electron chi connectivity index (χ2n) is 8.27.